The van der Waals surface area contributed by atoms with Crippen molar-refractivity contribution in [2.45, 2.75) is 13.0 Å². The molecule has 0 unspecified atom stereocenters. The number of hydrogen-bond donors (Lipinski definition) is 1. The van der Waals surface area contributed by atoms with Crippen LogP contribution in [-0.2, 0) is 17.8 Å². The third-order valence-electron chi connectivity index (χ3n) is 4.74. The van der Waals surface area contributed by atoms with E-state index in [2.05, 4.69) is 40.4 Å². The third kappa shape index (κ3) is 3.99. The molecular weight excluding hydrogens is 338 g/mol. The Labute approximate surface area is 158 Å². The van der Waals surface area contributed by atoms with Gasteiger partial charge in [0.1, 0.15) is 0 Å². The van der Waals surface area contributed by atoms with Crippen LogP contribution in [0.1, 0.15) is 16.7 Å². The Kier molecular flexibility index (Phi) is 4.85. The van der Waals surface area contributed by atoms with Crippen LogP contribution in [0.2, 0.25) is 0 Å². The van der Waals surface area contributed by atoms with Gasteiger partial charge in [0.2, 0.25) is 5.91 Å². The van der Waals surface area contributed by atoms with Crippen molar-refractivity contribution in [3.8, 4) is 11.3 Å². The number of benzene rings is 2. The van der Waals surface area contributed by atoms with Crippen LogP contribution in [0.3, 0.4) is 0 Å². The number of hydrogen-bond acceptors (Lipinski definition) is 4. The molecule has 1 aromatic heterocycles. The fraction of sp³-hybridized carbons (Fsp3) is 0.182. The van der Waals surface area contributed by atoms with E-state index in [0.29, 0.717) is 11.4 Å². The predicted octanol–water partition coefficient (Wildman–Crippen LogP) is 3.98. The standard InChI is InChI=1S/C22H21N3O2/c1-25-11-10-17-8-6-16(12-18(17)14-25)7-9-22(26)24-20-5-3-2-4-19(20)21-13-23-15-27-21/h2-9,12-13,15H,10-11,14H2,1H3,(H,24,26)/b9-7+. The lowest BCUT2D eigenvalue weighted by atomic mass is 9.97. The maximum absolute atomic E-state index is 12.4. The van der Waals surface area contributed by atoms with E-state index in [9.17, 15) is 4.79 Å². The summed E-state index contributed by atoms with van der Waals surface area (Å²) in [5.74, 6) is 0.436. The van der Waals surface area contributed by atoms with Crippen LogP contribution in [0.5, 0.6) is 0 Å². The molecule has 0 saturated carbocycles. The first kappa shape index (κ1) is 17.2. The molecule has 0 fully saturated rings. The first-order valence-electron chi connectivity index (χ1n) is 8.96. The van der Waals surface area contributed by atoms with Crippen molar-refractivity contribution < 1.29 is 9.21 Å². The van der Waals surface area contributed by atoms with Crippen LogP contribution in [-0.4, -0.2) is 29.4 Å². The first-order chi connectivity index (χ1) is 13.2. The molecule has 0 aliphatic carbocycles. The predicted molar refractivity (Wildman–Crippen MR) is 106 cm³/mol. The van der Waals surface area contributed by atoms with Crippen LogP contribution in [0.15, 0.2) is 65.5 Å². The summed E-state index contributed by atoms with van der Waals surface area (Å²) in [5, 5.41) is 2.92. The Morgan fingerprint density at radius 2 is 2.11 bits per heavy atom. The fourth-order valence-electron chi connectivity index (χ4n) is 3.32. The van der Waals surface area contributed by atoms with Gasteiger partial charge >= 0.3 is 0 Å². The second kappa shape index (κ2) is 7.60. The minimum Gasteiger partial charge on any atom is -0.443 e. The molecule has 1 amide bonds. The summed E-state index contributed by atoms with van der Waals surface area (Å²) in [5.41, 5.74) is 5.25. The third-order valence-corrected chi connectivity index (χ3v) is 4.74. The summed E-state index contributed by atoms with van der Waals surface area (Å²) in [7, 11) is 2.13. The van der Waals surface area contributed by atoms with Gasteiger partial charge in [-0.1, -0.05) is 30.3 Å². The number of amides is 1. The van der Waals surface area contributed by atoms with Crippen LogP contribution in [0, 0.1) is 0 Å². The van der Waals surface area contributed by atoms with Gasteiger partial charge in [0.15, 0.2) is 12.2 Å². The summed E-state index contributed by atoms with van der Waals surface area (Å²) < 4.78 is 5.35. The lowest BCUT2D eigenvalue weighted by Crippen LogP contribution is -2.26. The Hall–Kier alpha value is -3.18. The molecule has 5 heteroatoms. The summed E-state index contributed by atoms with van der Waals surface area (Å²) in [6.45, 7) is 2.04. The first-order valence-corrected chi connectivity index (χ1v) is 8.96. The van der Waals surface area contributed by atoms with Crippen molar-refractivity contribution >= 4 is 17.7 Å². The number of nitrogens with zero attached hydrogens (tertiary/aromatic N) is 2. The molecule has 2 aromatic carbocycles. The van der Waals surface area contributed by atoms with E-state index in [1.54, 1.807) is 12.3 Å². The average molecular weight is 359 g/mol. The second-order valence-corrected chi connectivity index (χ2v) is 6.75. The van der Waals surface area contributed by atoms with E-state index in [-0.39, 0.29) is 5.91 Å². The van der Waals surface area contributed by atoms with E-state index >= 15 is 0 Å². The summed E-state index contributed by atoms with van der Waals surface area (Å²) in [6.07, 6.45) is 7.49. The molecule has 1 aliphatic heterocycles. The van der Waals surface area contributed by atoms with E-state index in [1.807, 2.05) is 30.3 Å². The SMILES string of the molecule is CN1CCc2ccc(/C=C/C(=O)Nc3ccccc3-c3cnco3)cc2C1. The van der Waals surface area contributed by atoms with E-state index in [1.165, 1.54) is 17.5 Å². The quantitative estimate of drug-likeness (QED) is 0.716. The minimum atomic E-state index is -0.184. The number of anilines is 1. The normalized spacial score (nSPS) is 14.3. The molecule has 0 bridgehead atoms. The van der Waals surface area contributed by atoms with Crippen molar-refractivity contribution in [1.29, 1.82) is 0 Å². The number of fused-ring (bicyclic) bond motifs is 1. The van der Waals surface area contributed by atoms with Crippen molar-refractivity contribution in [3.63, 3.8) is 0 Å². The van der Waals surface area contributed by atoms with Crippen molar-refractivity contribution in [2.24, 2.45) is 0 Å². The topological polar surface area (TPSA) is 58.4 Å². The molecule has 136 valence electrons. The molecule has 2 heterocycles. The van der Waals surface area contributed by atoms with E-state index in [0.717, 1.165) is 30.6 Å². The van der Waals surface area contributed by atoms with Crippen molar-refractivity contribution in [3.05, 3.63) is 77.8 Å². The lowest BCUT2D eigenvalue weighted by Gasteiger charge is -2.25. The van der Waals surface area contributed by atoms with E-state index in [4.69, 9.17) is 4.42 Å². The largest absolute Gasteiger partial charge is 0.443 e. The fourth-order valence-corrected chi connectivity index (χ4v) is 3.32. The molecule has 0 atom stereocenters. The van der Waals surface area contributed by atoms with Gasteiger partial charge in [-0.3, -0.25) is 4.79 Å². The van der Waals surface area contributed by atoms with Gasteiger partial charge in [-0.2, -0.15) is 0 Å². The van der Waals surface area contributed by atoms with Gasteiger partial charge in [-0.15, -0.1) is 0 Å². The van der Waals surface area contributed by atoms with Gasteiger partial charge < -0.3 is 14.6 Å². The maximum atomic E-state index is 12.4. The number of carbonyl (C=O) groups excluding carboxylic acids is 1. The summed E-state index contributed by atoms with van der Waals surface area (Å²) in [4.78, 5) is 18.6. The minimum absolute atomic E-state index is 0.184. The molecule has 27 heavy (non-hydrogen) atoms. The number of aromatic nitrogens is 1. The Morgan fingerprint density at radius 3 is 2.96 bits per heavy atom. The van der Waals surface area contributed by atoms with E-state index < -0.39 is 0 Å². The van der Waals surface area contributed by atoms with Crippen LogP contribution >= 0.6 is 0 Å². The number of oxazole rings is 1. The molecule has 5 nitrogen and oxygen atoms in total. The molecule has 0 radical (unpaired) electrons. The highest BCUT2D eigenvalue weighted by molar-refractivity contribution is 6.04. The number of rotatable bonds is 4. The highest BCUT2D eigenvalue weighted by Crippen LogP contribution is 2.27. The van der Waals surface area contributed by atoms with Gasteiger partial charge in [-0.05, 0) is 48.4 Å². The van der Waals surface area contributed by atoms with Gasteiger partial charge in [0, 0.05) is 24.7 Å². The van der Waals surface area contributed by atoms with Crippen molar-refractivity contribution in [2.75, 3.05) is 18.9 Å². The monoisotopic (exact) mass is 359 g/mol. The molecular formula is C22H21N3O2. The zero-order valence-corrected chi connectivity index (χ0v) is 15.2. The Balaban J connectivity index is 1.48. The van der Waals surface area contributed by atoms with Crippen LogP contribution < -0.4 is 5.32 Å². The van der Waals surface area contributed by atoms with Crippen LogP contribution in [0.25, 0.3) is 17.4 Å². The Morgan fingerprint density at radius 1 is 1.22 bits per heavy atom. The summed E-state index contributed by atoms with van der Waals surface area (Å²) >= 11 is 0. The molecule has 1 N–H and O–H groups in total. The number of nitrogens with one attached hydrogen (secondary N) is 1. The maximum Gasteiger partial charge on any atom is 0.248 e. The zero-order chi connectivity index (χ0) is 18.6. The zero-order valence-electron chi connectivity index (χ0n) is 15.2. The molecule has 1 aliphatic rings. The highest BCUT2D eigenvalue weighted by atomic mass is 16.3. The lowest BCUT2D eigenvalue weighted by molar-refractivity contribution is -0.111. The molecule has 3 aromatic rings. The van der Waals surface area contributed by atoms with Crippen molar-refractivity contribution in [1.82, 2.24) is 9.88 Å². The average Bonchev–Trinajstić information content (AvgIpc) is 3.21. The van der Waals surface area contributed by atoms with Gasteiger partial charge in [0.05, 0.1) is 11.9 Å². The number of carbonyl (C=O) groups is 1. The van der Waals surface area contributed by atoms with Gasteiger partial charge in [-0.25, -0.2) is 4.98 Å². The molecule has 0 saturated heterocycles. The second-order valence-electron chi connectivity index (χ2n) is 6.75. The number of likely N-dealkylation sites (N-methyl/N-ethyl adjacent to an activating group) is 1. The van der Waals surface area contributed by atoms with Crippen LogP contribution in [0.4, 0.5) is 5.69 Å². The highest BCUT2D eigenvalue weighted by Gasteiger charge is 2.13. The molecule has 4 rings (SSSR count). The molecule has 0 spiro atoms. The number of para-hydroxylation sites is 1. The van der Waals surface area contributed by atoms with Gasteiger partial charge in [0.25, 0.3) is 0 Å². The Bertz CT molecular complexity index is 977. The smallest absolute Gasteiger partial charge is 0.248 e. The summed E-state index contributed by atoms with van der Waals surface area (Å²) in [6, 6.07) is 13.9.